The highest BCUT2D eigenvalue weighted by Crippen LogP contribution is 2.67. The molecule has 1 saturated carbocycles. The fourth-order valence-corrected chi connectivity index (χ4v) is 3.50. The molecule has 3 heteroatoms. The van der Waals surface area contributed by atoms with Crippen molar-refractivity contribution in [2.45, 2.75) is 23.9 Å². The molecule has 1 unspecified atom stereocenters. The van der Waals surface area contributed by atoms with E-state index in [0.717, 1.165) is 17.9 Å². The van der Waals surface area contributed by atoms with E-state index in [0.29, 0.717) is 12.2 Å². The van der Waals surface area contributed by atoms with Gasteiger partial charge in [0.05, 0.1) is 6.61 Å². The first-order valence-electron chi connectivity index (χ1n) is 6.83. The highest BCUT2D eigenvalue weighted by Gasteiger charge is 2.69. The van der Waals surface area contributed by atoms with Crippen molar-refractivity contribution in [1.29, 1.82) is 0 Å². The Morgan fingerprint density at radius 3 is 2.20 bits per heavy atom. The number of rotatable bonds is 3. The molecule has 1 atom stereocenters. The average Bonchev–Trinajstić information content (AvgIpc) is 3.34. The first-order chi connectivity index (χ1) is 9.68. The Morgan fingerprint density at radius 2 is 1.65 bits per heavy atom. The molecular weight excluding hydrogens is 275 g/mol. The van der Waals surface area contributed by atoms with E-state index in [1.807, 2.05) is 36.4 Å². The molecule has 1 aliphatic heterocycles. The van der Waals surface area contributed by atoms with Crippen LogP contribution in [0.1, 0.15) is 24.0 Å². The summed E-state index contributed by atoms with van der Waals surface area (Å²) in [4.78, 5) is 0. The lowest BCUT2D eigenvalue weighted by molar-refractivity contribution is 0.245. The highest BCUT2D eigenvalue weighted by atomic mass is 35.5. The summed E-state index contributed by atoms with van der Waals surface area (Å²) >= 11 is 5.96. The van der Waals surface area contributed by atoms with E-state index >= 15 is 0 Å². The summed E-state index contributed by atoms with van der Waals surface area (Å²) in [6, 6.07) is 14.8. The summed E-state index contributed by atoms with van der Waals surface area (Å²) in [5, 5.41) is 0.723. The largest absolute Gasteiger partial charge is 0.363 e. The molecule has 2 aromatic rings. The number of epoxide rings is 1. The quantitative estimate of drug-likeness (QED) is 0.761. The lowest BCUT2D eigenvalue weighted by Gasteiger charge is -2.25. The van der Waals surface area contributed by atoms with Crippen molar-refractivity contribution in [2.24, 2.45) is 0 Å². The van der Waals surface area contributed by atoms with Gasteiger partial charge < -0.3 is 4.74 Å². The third kappa shape index (κ3) is 1.58. The Labute approximate surface area is 122 Å². The van der Waals surface area contributed by atoms with Crippen LogP contribution in [0.25, 0.3) is 0 Å². The maximum Gasteiger partial charge on any atom is 0.129 e. The molecule has 2 aromatic carbocycles. The van der Waals surface area contributed by atoms with E-state index in [4.69, 9.17) is 16.3 Å². The van der Waals surface area contributed by atoms with Gasteiger partial charge in [0.2, 0.25) is 0 Å². The van der Waals surface area contributed by atoms with Crippen molar-refractivity contribution >= 4 is 11.6 Å². The number of ether oxygens (including phenoxy) is 1. The van der Waals surface area contributed by atoms with Crippen molar-refractivity contribution < 1.29 is 9.13 Å². The standard InChI is InChI=1S/C17H14ClFO/c18-13-7-5-12(6-8-13)16(9-10-16)17(11-20-17)14-3-1-2-4-15(14)19/h1-8H,9-11H2. The van der Waals surface area contributed by atoms with E-state index < -0.39 is 5.60 Å². The molecular formula is C17H14ClFO. The summed E-state index contributed by atoms with van der Waals surface area (Å²) in [6.45, 7) is 0.594. The molecule has 1 aliphatic carbocycles. The Balaban J connectivity index is 1.80. The van der Waals surface area contributed by atoms with Crippen LogP contribution in [0.3, 0.4) is 0 Å². The van der Waals surface area contributed by atoms with Gasteiger partial charge in [0, 0.05) is 16.0 Å². The molecule has 0 amide bonds. The molecule has 0 aromatic heterocycles. The molecule has 20 heavy (non-hydrogen) atoms. The first-order valence-corrected chi connectivity index (χ1v) is 7.21. The monoisotopic (exact) mass is 288 g/mol. The molecule has 1 saturated heterocycles. The Kier molecular flexibility index (Phi) is 2.51. The lowest BCUT2D eigenvalue weighted by Crippen LogP contribution is -2.28. The Hall–Kier alpha value is -1.38. The van der Waals surface area contributed by atoms with Gasteiger partial charge in [0.15, 0.2) is 0 Å². The molecule has 102 valence electrons. The second kappa shape index (κ2) is 4.06. The fraction of sp³-hybridized carbons (Fsp3) is 0.294. The average molecular weight is 289 g/mol. The number of halogens is 2. The maximum atomic E-state index is 14.2. The fourth-order valence-electron chi connectivity index (χ4n) is 3.37. The molecule has 0 bridgehead atoms. The van der Waals surface area contributed by atoms with Crippen molar-refractivity contribution in [2.75, 3.05) is 6.61 Å². The summed E-state index contributed by atoms with van der Waals surface area (Å²) in [7, 11) is 0. The number of benzene rings is 2. The zero-order chi connectivity index (χ0) is 13.8. The smallest absolute Gasteiger partial charge is 0.129 e. The van der Waals surface area contributed by atoms with E-state index in [1.54, 1.807) is 6.07 Å². The van der Waals surface area contributed by atoms with Crippen LogP contribution < -0.4 is 0 Å². The predicted molar refractivity (Wildman–Crippen MR) is 76.4 cm³/mol. The molecule has 4 rings (SSSR count). The van der Waals surface area contributed by atoms with E-state index in [-0.39, 0.29) is 11.2 Å². The van der Waals surface area contributed by atoms with E-state index in [9.17, 15) is 4.39 Å². The topological polar surface area (TPSA) is 12.5 Å². The van der Waals surface area contributed by atoms with Crippen molar-refractivity contribution in [3.63, 3.8) is 0 Å². The van der Waals surface area contributed by atoms with Gasteiger partial charge in [-0.2, -0.15) is 0 Å². The maximum absolute atomic E-state index is 14.2. The van der Waals surface area contributed by atoms with Crippen molar-refractivity contribution in [3.05, 3.63) is 70.5 Å². The molecule has 0 N–H and O–H groups in total. The SMILES string of the molecule is Fc1ccccc1C1(C2(c3ccc(Cl)cc3)CC2)CO1. The van der Waals surface area contributed by atoms with E-state index in [2.05, 4.69) is 0 Å². The minimum absolute atomic E-state index is 0.0835. The summed E-state index contributed by atoms with van der Waals surface area (Å²) in [5.74, 6) is -0.176. The van der Waals surface area contributed by atoms with Gasteiger partial charge in [-0.25, -0.2) is 4.39 Å². The number of hydrogen-bond donors (Lipinski definition) is 0. The Bertz CT molecular complexity index is 657. The molecule has 1 heterocycles. The van der Waals surface area contributed by atoms with Gasteiger partial charge in [-0.3, -0.25) is 0 Å². The normalized spacial score (nSPS) is 26.3. The minimum Gasteiger partial charge on any atom is -0.363 e. The van der Waals surface area contributed by atoms with Gasteiger partial charge in [-0.1, -0.05) is 41.9 Å². The summed E-state index contributed by atoms with van der Waals surface area (Å²) in [6.07, 6.45) is 2.06. The van der Waals surface area contributed by atoms with Crippen LogP contribution in [0.5, 0.6) is 0 Å². The number of hydrogen-bond acceptors (Lipinski definition) is 1. The molecule has 0 spiro atoms. The van der Waals surface area contributed by atoms with Crippen molar-refractivity contribution in [1.82, 2.24) is 0 Å². The van der Waals surface area contributed by atoms with Crippen LogP contribution >= 0.6 is 11.6 Å². The predicted octanol–water partition coefficient (Wildman–Crippen LogP) is 4.44. The lowest BCUT2D eigenvalue weighted by atomic mass is 9.78. The van der Waals surface area contributed by atoms with Gasteiger partial charge >= 0.3 is 0 Å². The van der Waals surface area contributed by atoms with Crippen molar-refractivity contribution in [3.8, 4) is 0 Å². The second-order valence-electron chi connectivity index (χ2n) is 5.68. The minimum atomic E-state index is -0.480. The van der Waals surface area contributed by atoms with Crippen LogP contribution in [0, 0.1) is 5.82 Å². The zero-order valence-electron chi connectivity index (χ0n) is 10.9. The van der Waals surface area contributed by atoms with Crippen LogP contribution in [0.4, 0.5) is 4.39 Å². The van der Waals surface area contributed by atoms with Gasteiger partial charge in [0.25, 0.3) is 0 Å². The van der Waals surface area contributed by atoms with Crippen LogP contribution in [-0.4, -0.2) is 6.61 Å². The second-order valence-corrected chi connectivity index (χ2v) is 6.12. The molecule has 2 aliphatic rings. The zero-order valence-corrected chi connectivity index (χ0v) is 11.7. The first kappa shape index (κ1) is 12.4. The Morgan fingerprint density at radius 1 is 1.00 bits per heavy atom. The van der Waals surface area contributed by atoms with Crippen LogP contribution in [-0.2, 0) is 15.8 Å². The van der Waals surface area contributed by atoms with Crippen LogP contribution in [0.15, 0.2) is 48.5 Å². The third-order valence-electron chi connectivity index (χ3n) is 4.66. The highest BCUT2D eigenvalue weighted by molar-refractivity contribution is 6.30. The van der Waals surface area contributed by atoms with Crippen LogP contribution in [0.2, 0.25) is 5.02 Å². The van der Waals surface area contributed by atoms with Gasteiger partial charge in [0.1, 0.15) is 11.4 Å². The summed E-state index contributed by atoms with van der Waals surface area (Å²) < 4.78 is 20.0. The van der Waals surface area contributed by atoms with E-state index in [1.165, 1.54) is 11.6 Å². The third-order valence-corrected chi connectivity index (χ3v) is 4.91. The summed E-state index contributed by atoms with van der Waals surface area (Å²) in [5.41, 5.74) is 1.32. The molecule has 1 nitrogen and oxygen atoms in total. The van der Waals surface area contributed by atoms with Gasteiger partial charge in [-0.15, -0.1) is 0 Å². The molecule has 2 fully saturated rings. The van der Waals surface area contributed by atoms with Gasteiger partial charge in [-0.05, 0) is 36.6 Å². The molecule has 0 radical (unpaired) electrons.